The number of nitrogens with one attached hydrogen (secondary N) is 2. The lowest BCUT2D eigenvalue weighted by Crippen LogP contribution is -2.22. The number of carbonyl (C=O) groups is 2. The summed E-state index contributed by atoms with van der Waals surface area (Å²) in [6.07, 6.45) is -4.54. The van der Waals surface area contributed by atoms with Crippen molar-refractivity contribution in [3.63, 3.8) is 0 Å². The number of benzene rings is 3. The lowest BCUT2D eigenvalue weighted by Gasteiger charge is -2.12. The average Bonchev–Trinajstić information content (AvgIpc) is 2.79. The smallest absolute Gasteiger partial charge is 0.322 e. The largest absolute Gasteiger partial charge is 0.416 e. The molecule has 3 aromatic rings. The van der Waals surface area contributed by atoms with Crippen LogP contribution in [0.1, 0.15) is 26.3 Å². The monoisotopic (exact) mass is 491 g/mol. The van der Waals surface area contributed by atoms with Gasteiger partial charge in [-0.05, 0) is 60.7 Å². The van der Waals surface area contributed by atoms with E-state index in [0.717, 1.165) is 16.4 Å². The highest BCUT2D eigenvalue weighted by atomic mass is 32.2. The molecule has 0 saturated heterocycles. The highest BCUT2D eigenvalue weighted by Gasteiger charge is 2.30. The van der Waals surface area contributed by atoms with Crippen LogP contribution in [0.5, 0.6) is 0 Å². The van der Waals surface area contributed by atoms with Crippen LogP contribution in [0.2, 0.25) is 0 Å². The fourth-order valence-electron chi connectivity index (χ4n) is 2.91. The summed E-state index contributed by atoms with van der Waals surface area (Å²) >= 11 is 0. The molecule has 0 bridgehead atoms. The molecule has 0 unspecified atom stereocenters. The van der Waals surface area contributed by atoms with E-state index in [9.17, 15) is 31.2 Å². The molecule has 0 atom stereocenters. The molecule has 7 nitrogen and oxygen atoms in total. The molecule has 0 aromatic heterocycles. The van der Waals surface area contributed by atoms with Crippen molar-refractivity contribution in [1.82, 2.24) is 4.31 Å². The number of halogens is 3. The van der Waals surface area contributed by atoms with E-state index in [1.54, 1.807) is 0 Å². The van der Waals surface area contributed by atoms with Gasteiger partial charge in [0, 0.05) is 36.6 Å². The van der Waals surface area contributed by atoms with E-state index in [-0.39, 0.29) is 27.4 Å². The third-order valence-electron chi connectivity index (χ3n) is 4.73. The van der Waals surface area contributed by atoms with Crippen molar-refractivity contribution in [2.45, 2.75) is 11.1 Å². The van der Waals surface area contributed by atoms with Gasteiger partial charge in [-0.25, -0.2) is 12.7 Å². The number of sulfonamides is 1. The molecule has 11 heteroatoms. The van der Waals surface area contributed by atoms with E-state index in [2.05, 4.69) is 10.6 Å². The third kappa shape index (κ3) is 5.80. The van der Waals surface area contributed by atoms with E-state index in [4.69, 9.17) is 0 Å². The maximum absolute atomic E-state index is 12.9. The van der Waals surface area contributed by atoms with Crippen molar-refractivity contribution >= 4 is 33.2 Å². The highest BCUT2D eigenvalue weighted by molar-refractivity contribution is 7.89. The van der Waals surface area contributed by atoms with Gasteiger partial charge in [-0.1, -0.05) is 12.1 Å². The standard InChI is InChI=1S/C23H20F3N3O4S/c1-29(2)34(32,33)20-11-9-15(10-12-20)21(30)27-18-7-3-5-16(13-18)22(31)28-19-8-4-6-17(14-19)23(24,25)26/h3-14H,1-2H3,(H,27,30)(H,28,31). The van der Waals surface area contributed by atoms with E-state index in [0.29, 0.717) is 0 Å². The minimum absolute atomic E-state index is 0.0259. The van der Waals surface area contributed by atoms with Crippen LogP contribution in [0.3, 0.4) is 0 Å². The van der Waals surface area contributed by atoms with Crippen LogP contribution < -0.4 is 10.6 Å². The average molecular weight is 491 g/mol. The minimum atomic E-state index is -4.54. The second-order valence-electron chi connectivity index (χ2n) is 7.38. The zero-order valence-electron chi connectivity index (χ0n) is 18.1. The fourth-order valence-corrected chi connectivity index (χ4v) is 3.81. The van der Waals surface area contributed by atoms with E-state index < -0.39 is 33.6 Å². The first kappa shape index (κ1) is 24.9. The summed E-state index contributed by atoms with van der Waals surface area (Å²) in [5, 5.41) is 5.00. The SMILES string of the molecule is CN(C)S(=O)(=O)c1ccc(C(=O)Nc2cccc(C(=O)Nc3cccc(C(F)(F)F)c3)c2)cc1. The van der Waals surface area contributed by atoms with Gasteiger partial charge in [0.05, 0.1) is 10.5 Å². The second-order valence-corrected chi connectivity index (χ2v) is 9.53. The molecule has 0 spiro atoms. The van der Waals surface area contributed by atoms with Crippen LogP contribution in [0.25, 0.3) is 0 Å². The summed E-state index contributed by atoms with van der Waals surface area (Å²) < 4.78 is 63.9. The summed E-state index contributed by atoms with van der Waals surface area (Å²) in [6.45, 7) is 0. The number of rotatable bonds is 6. The zero-order chi connectivity index (χ0) is 25.1. The lowest BCUT2D eigenvalue weighted by molar-refractivity contribution is -0.137. The summed E-state index contributed by atoms with van der Waals surface area (Å²) in [4.78, 5) is 25.1. The van der Waals surface area contributed by atoms with Crippen LogP contribution in [-0.2, 0) is 16.2 Å². The Balaban J connectivity index is 1.72. The number of hydrogen-bond acceptors (Lipinski definition) is 4. The highest BCUT2D eigenvalue weighted by Crippen LogP contribution is 2.30. The van der Waals surface area contributed by atoms with Gasteiger partial charge >= 0.3 is 6.18 Å². The third-order valence-corrected chi connectivity index (χ3v) is 6.55. The zero-order valence-corrected chi connectivity index (χ0v) is 18.9. The Kier molecular flexibility index (Phi) is 7.08. The minimum Gasteiger partial charge on any atom is -0.322 e. The summed E-state index contributed by atoms with van der Waals surface area (Å²) in [5.41, 5.74) is -0.344. The van der Waals surface area contributed by atoms with Gasteiger partial charge < -0.3 is 10.6 Å². The van der Waals surface area contributed by atoms with Crippen molar-refractivity contribution < 1.29 is 31.2 Å². The van der Waals surface area contributed by atoms with Crippen molar-refractivity contribution in [1.29, 1.82) is 0 Å². The molecule has 34 heavy (non-hydrogen) atoms. The molecule has 0 heterocycles. The first-order valence-corrected chi connectivity index (χ1v) is 11.2. The van der Waals surface area contributed by atoms with Gasteiger partial charge in [-0.2, -0.15) is 13.2 Å². The van der Waals surface area contributed by atoms with Gasteiger partial charge in [-0.3, -0.25) is 9.59 Å². The molecule has 0 aliphatic carbocycles. The Morgan fingerprint density at radius 3 is 1.85 bits per heavy atom. The number of anilines is 2. The molecule has 178 valence electrons. The molecular weight excluding hydrogens is 471 g/mol. The maximum Gasteiger partial charge on any atom is 0.416 e. The van der Waals surface area contributed by atoms with Gasteiger partial charge in [0.25, 0.3) is 11.8 Å². The van der Waals surface area contributed by atoms with Crippen LogP contribution >= 0.6 is 0 Å². The first-order chi connectivity index (χ1) is 15.9. The molecule has 2 amide bonds. The Labute approximate surface area is 194 Å². The molecule has 0 fully saturated rings. The predicted octanol–water partition coefficient (Wildman–Crippen LogP) is 4.46. The molecule has 0 aliphatic rings. The van der Waals surface area contributed by atoms with Gasteiger partial charge in [0.15, 0.2) is 0 Å². The van der Waals surface area contributed by atoms with Crippen LogP contribution in [0, 0.1) is 0 Å². The van der Waals surface area contributed by atoms with Crippen molar-refractivity contribution in [2.75, 3.05) is 24.7 Å². The van der Waals surface area contributed by atoms with Crippen LogP contribution in [0.4, 0.5) is 24.5 Å². The maximum atomic E-state index is 12.9. The van der Waals surface area contributed by atoms with Crippen molar-refractivity contribution in [2.24, 2.45) is 0 Å². The number of alkyl halides is 3. The van der Waals surface area contributed by atoms with Crippen molar-refractivity contribution in [3.8, 4) is 0 Å². The molecule has 3 rings (SSSR count). The Bertz CT molecular complexity index is 1320. The molecule has 3 aromatic carbocycles. The first-order valence-electron chi connectivity index (χ1n) is 9.80. The second kappa shape index (κ2) is 9.65. The molecule has 0 radical (unpaired) electrons. The van der Waals surface area contributed by atoms with Gasteiger partial charge in [0.1, 0.15) is 0 Å². The molecule has 0 aliphatic heterocycles. The summed E-state index contributed by atoms with van der Waals surface area (Å²) in [6, 6.07) is 15.4. The Morgan fingerprint density at radius 2 is 1.29 bits per heavy atom. The number of amides is 2. The molecule has 0 saturated carbocycles. The number of hydrogen-bond donors (Lipinski definition) is 2. The Morgan fingerprint density at radius 1 is 0.765 bits per heavy atom. The Hall–Kier alpha value is -3.70. The van der Waals surface area contributed by atoms with E-state index >= 15 is 0 Å². The van der Waals surface area contributed by atoms with Gasteiger partial charge in [-0.15, -0.1) is 0 Å². The summed E-state index contributed by atoms with van der Waals surface area (Å²) in [5.74, 6) is -1.20. The fraction of sp³-hybridized carbons (Fsp3) is 0.130. The lowest BCUT2D eigenvalue weighted by atomic mass is 10.1. The molecular formula is C23H20F3N3O4S. The number of carbonyl (C=O) groups excluding carboxylic acids is 2. The van der Waals surface area contributed by atoms with Crippen LogP contribution in [0.15, 0.2) is 77.7 Å². The topological polar surface area (TPSA) is 95.6 Å². The predicted molar refractivity (Wildman–Crippen MR) is 121 cm³/mol. The van der Waals surface area contributed by atoms with Crippen molar-refractivity contribution in [3.05, 3.63) is 89.5 Å². The van der Waals surface area contributed by atoms with E-state index in [1.165, 1.54) is 74.8 Å². The molecule has 2 N–H and O–H groups in total. The summed E-state index contributed by atoms with van der Waals surface area (Å²) in [7, 11) is -0.846. The normalized spacial score (nSPS) is 11.8. The van der Waals surface area contributed by atoms with E-state index in [1.807, 2.05) is 0 Å². The number of nitrogens with zero attached hydrogens (tertiary/aromatic N) is 1. The van der Waals surface area contributed by atoms with Crippen LogP contribution in [-0.4, -0.2) is 38.6 Å². The quantitative estimate of drug-likeness (QED) is 0.532. The van der Waals surface area contributed by atoms with Gasteiger partial charge in [0.2, 0.25) is 10.0 Å².